The number of fused-ring (bicyclic) bond motifs is 1. The second-order valence-electron chi connectivity index (χ2n) is 4.37. The van der Waals surface area contributed by atoms with E-state index in [1.165, 1.54) is 0 Å². The summed E-state index contributed by atoms with van der Waals surface area (Å²) in [5.41, 5.74) is 2.05. The molecule has 0 radical (unpaired) electrons. The average Bonchev–Trinajstić information content (AvgIpc) is 2.95. The van der Waals surface area contributed by atoms with Gasteiger partial charge in [-0.15, -0.1) is 0 Å². The Kier molecular flexibility index (Phi) is 2.95. The number of hydrogen-bond donors (Lipinski definition) is 1. The van der Waals surface area contributed by atoms with Crippen LogP contribution in [0.2, 0.25) is 0 Å². The Morgan fingerprint density at radius 2 is 2.42 bits per heavy atom. The van der Waals surface area contributed by atoms with Gasteiger partial charge < -0.3 is 10.1 Å². The number of ketones is 1. The van der Waals surface area contributed by atoms with Gasteiger partial charge in [0.2, 0.25) is 0 Å². The van der Waals surface area contributed by atoms with Crippen LogP contribution in [0, 0.1) is 0 Å². The van der Waals surface area contributed by atoms with Crippen molar-refractivity contribution in [2.75, 3.05) is 18.5 Å². The number of para-hydroxylation sites is 1. The molecule has 3 rings (SSSR count). The Balaban J connectivity index is 1.99. The highest BCUT2D eigenvalue weighted by Gasteiger charge is 2.20. The fourth-order valence-electron chi connectivity index (χ4n) is 2.16. The zero-order chi connectivity index (χ0) is 13.2. The maximum absolute atomic E-state index is 12.5. The predicted octanol–water partition coefficient (Wildman–Crippen LogP) is 1.94. The van der Waals surface area contributed by atoms with E-state index >= 15 is 0 Å². The molecule has 1 aliphatic heterocycles. The molecule has 0 aliphatic carbocycles. The third kappa shape index (κ3) is 2.07. The number of benzene rings is 1. The van der Waals surface area contributed by atoms with Crippen molar-refractivity contribution < 1.29 is 9.53 Å². The average molecular weight is 257 g/mol. The summed E-state index contributed by atoms with van der Waals surface area (Å²) >= 11 is 0. The quantitative estimate of drug-likeness (QED) is 0.854. The number of ether oxygens (including phenoxy) is 1. The number of carbonyl (C=O) groups excluding carboxylic acids is 1. The molecule has 5 nitrogen and oxygen atoms in total. The van der Waals surface area contributed by atoms with Gasteiger partial charge in [-0.3, -0.25) is 9.48 Å². The standard InChI is InChI=1S/C14H15N3O2/c1-2-17-9-10(8-16-17)13(18)11-4-3-5-12-14(11)19-7-6-15-12/h3-5,8-9,15H,2,6-7H2,1H3. The molecule has 0 atom stereocenters. The summed E-state index contributed by atoms with van der Waals surface area (Å²) in [6, 6.07) is 5.57. The van der Waals surface area contributed by atoms with Gasteiger partial charge in [0.05, 0.1) is 23.0 Å². The summed E-state index contributed by atoms with van der Waals surface area (Å²) in [7, 11) is 0. The number of anilines is 1. The molecule has 0 spiro atoms. The maximum atomic E-state index is 12.5. The number of aryl methyl sites for hydroxylation is 1. The fourth-order valence-corrected chi connectivity index (χ4v) is 2.16. The van der Waals surface area contributed by atoms with Gasteiger partial charge in [-0.05, 0) is 19.1 Å². The molecule has 0 saturated heterocycles. The van der Waals surface area contributed by atoms with Crippen LogP contribution in [0.25, 0.3) is 0 Å². The van der Waals surface area contributed by atoms with Crippen molar-refractivity contribution in [1.29, 1.82) is 0 Å². The number of nitrogens with one attached hydrogen (secondary N) is 1. The van der Waals surface area contributed by atoms with E-state index in [9.17, 15) is 4.79 Å². The van der Waals surface area contributed by atoms with Crippen LogP contribution in [0.5, 0.6) is 5.75 Å². The van der Waals surface area contributed by atoms with Crippen LogP contribution in [0.1, 0.15) is 22.8 Å². The van der Waals surface area contributed by atoms with Gasteiger partial charge in [0.1, 0.15) is 6.61 Å². The Morgan fingerprint density at radius 1 is 1.53 bits per heavy atom. The molecule has 0 fully saturated rings. The van der Waals surface area contributed by atoms with E-state index in [4.69, 9.17) is 4.74 Å². The lowest BCUT2D eigenvalue weighted by Crippen LogP contribution is -2.20. The Labute approximate surface area is 111 Å². The van der Waals surface area contributed by atoms with Gasteiger partial charge in [-0.2, -0.15) is 5.10 Å². The van der Waals surface area contributed by atoms with Crippen molar-refractivity contribution in [3.05, 3.63) is 41.7 Å². The van der Waals surface area contributed by atoms with Crippen LogP contribution >= 0.6 is 0 Å². The van der Waals surface area contributed by atoms with E-state index in [0.717, 1.165) is 18.8 Å². The van der Waals surface area contributed by atoms with Crippen molar-refractivity contribution in [3.63, 3.8) is 0 Å². The van der Waals surface area contributed by atoms with E-state index in [1.54, 1.807) is 23.1 Å². The molecule has 1 aromatic heterocycles. The fraction of sp³-hybridized carbons (Fsp3) is 0.286. The molecule has 1 N–H and O–H groups in total. The van der Waals surface area contributed by atoms with E-state index in [2.05, 4.69) is 10.4 Å². The molecule has 0 bridgehead atoms. The van der Waals surface area contributed by atoms with Crippen LogP contribution in [-0.2, 0) is 6.54 Å². The summed E-state index contributed by atoms with van der Waals surface area (Å²) in [4.78, 5) is 12.5. The monoisotopic (exact) mass is 257 g/mol. The zero-order valence-electron chi connectivity index (χ0n) is 10.7. The number of nitrogens with zero attached hydrogens (tertiary/aromatic N) is 2. The lowest BCUT2D eigenvalue weighted by molar-refractivity contribution is 0.103. The number of rotatable bonds is 3. The molecule has 2 aromatic rings. The third-order valence-corrected chi connectivity index (χ3v) is 3.14. The molecule has 19 heavy (non-hydrogen) atoms. The van der Waals surface area contributed by atoms with E-state index in [-0.39, 0.29) is 5.78 Å². The van der Waals surface area contributed by atoms with E-state index in [1.807, 2.05) is 19.1 Å². The topological polar surface area (TPSA) is 56.1 Å². The second-order valence-corrected chi connectivity index (χ2v) is 4.37. The lowest BCUT2D eigenvalue weighted by atomic mass is 10.0. The molecule has 98 valence electrons. The second kappa shape index (κ2) is 4.76. The van der Waals surface area contributed by atoms with Crippen LogP contribution in [0.4, 0.5) is 5.69 Å². The first-order chi connectivity index (χ1) is 9.29. The number of aromatic nitrogens is 2. The van der Waals surface area contributed by atoms with Gasteiger partial charge in [0.25, 0.3) is 0 Å². The minimum atomic E-state index is -0.0553. The third-order valence-electron chi connectivity index (χ3n) is 3.14. The van der Waals surface area contributed by atoms with Crippen LogP contribution < -0.4 is 10.1 Å². The molecule has 0 saturated carbocycles. The van der Waals surface area contributed by atoms with E-state index in [0.29, 0.717) is 23.5 Å². The summed E-state index contributed by atoms with van der Waals surface area (Å²) < 4.78 is 7.36. The predicted molar refractivity (Wildman–Crippen MR) is 71.8 cm³/mol. The van der Waals surface area contributed by atoms with Crippen molar-refractivity contribution in [1.82, 2.24) is 9.78 Å². The van der Waals surface area contributed by atoms with Crippen LogP contribution in [0.15, 0.2) is 30.6 Å². The highest BCUT2D eigenvalue weighted by atomic mass is 16.5. The number of carbonyl (C=O) groups is 1. The summed E-state index contributed by atoms with van der Waals surface area (Å²) in [5, 5.41) is 7.36. The molecule has 5 heteroatoms. The van der Waals surface area contributed by atoms with Crippen molar-refractivity contribution in [2.45, 2.75) is 13.5 Å². The smallest absolute Gasteiger partial charge is 0.199 e. The first-order valence-electron chi connectivity index (χ1n) is 6.36. The van der Waals surface area contributed by atoms with Crippen molar-refractivity contribution >= 4 is 11.5 Å². The van der Waals surface area contributed by atoms with Gasteiger partial charge in [0.15, 0.2) is 11.5 Å². The summed E-state index contributed by atoms with van der Waals surface area (Å²) in [5.74, 6) is 0.586. The van der Waals surface area contributed by atoms with Gasteiger partial charge in [0, 0.05) is 19.3 Å². The molecular weight excluding hydrogens is 242 g/mol. The highest BCUT2D eigenvalue weighted by molar-refractivity contribution is 6.11. The van der Waals surface area contributed by atoms with Gasteiger partial charge >= 0.3 is 0 Å². The van der Waals surface area contributed by atoms with Crippen molar-refractivity contribution in [3.8, 4) is 5.75 Å². The van der Waals surface area contributed by atoms with Gasteiger partial charge in [-0.1, -0.05) is 6.07 Å². The van der Waals surface area contributed by atoms with Crippen LogP contribution in [0.3, 0.4) is 0 Å². The van der Waals surface area contributed by atoms with E-state index < -0.39 is 0 Å². The minimum Gasteiger partial charge on any atom is -0.489 e. The summed E-state index contributed by atoms with van der Waals surface area (Å²) in [6.07, 6.45) is 3.36. The molecule has 0 unspecified atom stereocenters. The lowest BCUT2D eigenvalue weighted by Gasteiger charge is -2.21. The minimum absolute atomic E-state index is 0.0553. The molecule has 1 aromatic carbocycles. The normalized spacial score (nSPS) is 13.3. The highest BCUT2D eigenvalue weighted by Crippen LogP contribution is 2.32. The summed E-state index contributed by atoms with van der Waals surface area (Å²) in [6.45, 7) is 4.07. The number of hydrogen-bond acceptors (Lipinski definition) is 4. The SMILES string of the molecule is CCn1cc(C(=O)c2cccc3c2OCCN3)cn1. The Hall–Kier alpha value is -2.30. The van der Waals surface area contributed by atoms with Gasteiger partial charge in [-0.25, -0.2) is 0 Å². The first-order valence-corrected chi connectivity index (χ1v) is 6.36. The molecule has 1 aliphatic rings. The van der Waals surface area contributed by atoms with Crippen molar-refractivity contribution in [2.24, 2.45) is 0 Å². The molecular formula is C14H15N3O2. The largest absolute Gasteiger partial charge is 0.489 e. The maximum Gasteiger partial charge on any atom is 0.199 e. The first kappa shape index (κ1) is 11.8. The molecule has 0 amide bonds. The zero-order valence-corrected chi connectivity index (χ0v) is 10.7. The Bertz CT molecular complexity index is 619. The van der Waals surface area contributed by atoms with Crippen LogP contribution in [-0.4, -0.2) is 28.7 Å². The Morgan fingerprint density at radius 3 is 3.21 bits per heavy atom. The molecule has 2 heterocycles.